The second kappa shape index (κ2) is 7.39. The molecular weight excluding hydrogens is 459 g/mol. The van der Waals surface area contributed by atoms with Crippen LogP contribution < -0.4 is 0 Å². The highest BCUT2D eigenvalue weighted by atomic mass is 35.5. The lowest BCUT2D eigenvalue weighted by atomic mass is 10.1. The highest BCUT2D eigenvalue weighted by molar-refractivity contribution is 6.43. The maximum Gasteiger partial charge on any atom is 0.0743 e. The second-order valence-corrected chi connectivity index (χ2v) is 9.28. The number of halogens is 2. The Labute approximate surface area is 206 Å². The van der Waals surface area contributed by atoms with Crippen molar-refractivity contribution in [2.24, 2.45) is 0 Å². The van der Waals surface area contributed by atoms with Crippen LogP contribution in [-0.4, -0.2) is 9.13 Å². The molecule has 0 N–H and O–H groups in total. The Morgan fingerprint density at radius 2 is 1.03 bits per heavy atom. The molecule has 0 bridgehead atoms. The maximum atomic E-state index is 6.90. The Morgan fingerprint density at radius 1 is 0.441 bits per heavy atom. The summed E-state index contributed by atoms with van der Waals surface area (Å²) in [5, 5.41) is 5.86. The van der Waals surface area contributed by atoms with Crippen molar-refractivity contribution in [2.75, 3.05) is 0 Å². The summed E-state index contributed by atoms with van der Waals surface area (Å²) in [6, 6.07) is 37.6. The quantitative estimate of drug-likeness (QED) is 0.235. The first-order chi connectivity index (χ1) is 16.7. The topological polar surface area (TPSA) is 9.86 Å². The average molecular weight is 477 g/mol. The summed E-state index contributed by atoms with van der Waals surface area (Å²) in [4.78, 5) is 0. The van der Waals surface area contributed by atoms with Crippen molar-refractivity contribution < 1.29 is 0 Å². The van der Waals surface area contributed by atoms with Crippen LogP contribution in [0.15, 0.2) is 109 Å². The molecule has 4 heteroatoms. The van der Waals surface area contributed by atoms with Crippen LogP contribution in [0.3, 0.4) is 0 Å². The Hall–Kier alpha value is -3.72. The molecule has 0 saturated heterocycles. The van der Waals surface area contributed by atoms with Gasteiger partial charge in [0.1, 0.15) is 0 Å². The van der Waals surface area contributed by atoms with Gasteiger partial charge in [0.25, 0.3) is 0 Å². The van der Waals surface area contributed by atoms with Crippen LogP contribution in [0, 0.1) is 0 Å². The van der Waals surface area contributed by atoms with Gasteiger partial charge in [0, 0.05) is 27.2 Å². The SMILES string of the molecule is Clc1ccc(Cl)c2c1c1c(-n3c4ccccc4c4ccccc43)cccc1n2-c1ccccc1. The number of fused-ring (bicyclic) bond motifs is 6. The lowest BCUT2D eigenvalue weighted by Crippen LogP contribution is -1.96. The van der Waals surface area contributed by atoms with Crippen molar-refractivity contribution in [1.29, 1.82) is 0 Å². The van der Waals surface area contributed by atoms with E-state index in [2.05, 4.69) is 88.0 Å². The predicted molar refractivity (Wildman–Crippen MR) is 145 cm³/mol. The van der Waals surface area contributed by atoms with Crippen molar-refractivity contribution in [1.82, 2.24) is 9.13 Å². The molecule has 162 valence electrons. The van der Waals surface area contributed by atoms with Crippen LogP contribution in [0.2, 0.25) is 10.0 Å². The molecule has 0 saturated carbocycles. The monoisotopic (exact) mass is 476 g/mol. The first-order valence-electron chi connectivity index (χ1n) is 11.2. The standard InChI is InChI=1S/C30H18Cl2N2/c31-22-17-18-23(32)30-28(22)29-26(33(30)19-9-2-1-3-10-19)15-8-16-27(29)34-24-13-6-4-11-20(24)21-12-5-7-14-25(21)34/h1-18H. The molecular formula is C30H18Cl2N2. The van der Waals surface area contributed by atoms with Crippen LogP contribution in [0.4, 0.5) is 0 Å². The van der Waals surface area contributed by atoms with Crippen molar-refractivity contribution in [3.8, 4) is 11.4 Å². The molecule has 34 heavy (non-hydrogen) atoms. The Kier molecular flexibility index (Phi) is 4.29. The molecule has 0 aliphatic carbocycles. The number of benzene rings is 5. The highest BCUT2D eigenvalue weighted by Gasteiger charge is 2.22. The van der Waals surface area contributed by atoms with Crippen LogP contribution >= 0.6 is 23.2 Å². The Balaban J connectivity index is 1.74. The molecule has 0 aliphatic heterocycles. The molecule has 2 nitrogen and oxygen atoms in total. The number of hydrogen-bond acceptors (Lipinski definition) is 0. The minimum atomic E-state index is 0.674. The smallest absolute Gasteiger partial charge is 0.0743 e. The van der Waals surface area contributed by atoms with Gasteiger partial charge in [-0.25, -0.2) is 0 Å². The van der Waals surface area contributed by atoms with Gasteiger partial charge in [-0.3, -0.25) is 0 Å². The van der Waals surface area contributed by atoms with E-state index in [4.69, 9.17) is 23.2 Å². The van der Waals surface area contributed by atoms with Crippen molar-refractivity contribution in [2.45, 2.75) is 0 Å². The number of nitrogens with zero attached hydrogens (tertiary/aromatic N) is 2. The lowest BCUT2D eigenvalue weighted by molar-refractivity contribution is 1.17. The average Bonchev–Trinajstić information content (AvgIpc) is 3.41. The minimum Gasteiger partial charge on any atom is -0.309 e. The van der Waals surface area contributed by atoms with Gasteiger partial charge in [-0.1, -0.05) is 83.9 Å². The Morgan fingerprint density at radius 3 is 1.74 bits per heavy atom. The summed E-state index contributed by atoms with van der Waals surface area (Å²) in [6.45, 7) is 0. The van der Waals surface area contributed by atoms with Crippen LogP contribution in [0.25, 0.3) is 55.0 Å². The van der Waals surface area contributed by atoms with Crippen molar-refractivity contribution >= 4 is 66.8 Å². The molecule has 7 aromatic rings. The van der Waals surface area contributed by atoms with Gasteiger partial charge < -0.3 is 9.13 Å². The highest BCUT2D eigenvalue weighted by Crippen LogP contribution is 2.44. The molecule has 5 aromatic carbocycles. The maximum absolute atomic E-state index is 6.90. The van der Waals surface area contributed by atoms with E-state index < -0.39 is 0 Å². The third kappa shape index (κ3) is 2.64. The molecule has 0 unspecified atom stereocenters. The second-order valence-electron chi connectivity index (χ2n) is 8.46. The van der Waals surface area contributed by atoms with E-state index in [0.29, 0.717) is 10.0 Å². The van der Waals surface area contributed by atoms with Gasteiger partial charge in [0.05, 0.1) is 37.8 Å². The number of rotatable bonds is 2. The van der Waals surface area contributed by atoms with E-state index >= 15 is 0 Å². The lowest BCUT2D eigenvalue weighted by Gasteiger charge is -2.11. The normalized spacial score (nSPS) is 11.8. The molecule has 7 rings (SSSR count). The van der Waals surface area contributed by atoms with Gasteiger partial charge in [-0.15, -0.1) is 0 Å². The summed E-state index contributed by atoms with van der Waals surface area (Å²) in [5.41, 5.74) is 6.44. The molecule has 0 radical (unpaired) electrons. The predicted octanol–water partition coefficient (Wildman–Crippen LogP) is 9.19. The largest absolute Gasteiger partial charge is 0.309 e. The summed E-state index contributed by atoms with van der Waals surface area (Å²) in [7, 11) is 0. The van der Waals surface area contributed by atoms with Gasteiger partial charge >= 0.3 is 0 Å². The van der Waals surface area contributed by atoms with Gasteiger partial charge in [0.15, 0.2) is 0 Å². The van der Waals surface area contributed by atoms with Crippen molar-refractivity contribution in [3.05, 3.63) is 119 Å². The Bertz CT molecular complexity index is 1820. The fourth-order valence-electron chi connectivity index (χ4n) is 5.30. The summed E-state index contributed by atoms with van der Waals surface area (Å²) < 4.78 is 4.56. The number of aromatic nitrogens is 2. The van der Waals surface area contributed by atoms with Gasteiger partial charge in [0.2, 0.25) is 0 Å². The molecule has 0 amide bonds. The van der Waals surface area contributed by atoms with Gasteiger partial charge in [-0.05, 0) is 48.5 Å². The zero-order valence-electron chi connectivity index (χ0n) is 18.0. The van der Waals surface area contributed by atoms with E-state index in [9.17, 15) is 0 Å². The molecule has 0 aliphatic rings. The van der Waals surface area contributed by atoms with E-state index in [1.165, 1.54) is 10.8 Å². The fourth-order valence-corrected chi connectivity index (χ4v) is 5.79. The summed E-state index contributed by atoms with van der Waals surface area (Å²) >= 11 is 13.7. The van der Waals surface area contributed by atoms with Crippen LogP contribution in [0.5, 0.6) is 0 Å². The van der Waals surface area contributed by atoms with E-state index in [1.807, 2.05) is 30.3 Å². The molecule has 2 aromatic heterocycles. The van der Waals surface area contributed by atoms with Gasteiger partial charge in [-0.2, -0.15) is 0 Å². The molecule has 0 atom stereocenters. The zero-order valence-corrected chi connectivity index (χ0v) is 19.6. The fraction of sp³-hybridized carbons (Fsp3) is 0. The minimum absolute atomic E-state index is 0.674. The third-order valence-electron chi connectivity index (χ3n) is 6.65. The number of hydrogen-bond donors (Lipinski definition) is 0. The third-order valence-corrected chi connectivity index (χ3v) is 7.27. The van der Waals surface area contributed by atoms with E-state index in [-0.39, 0.29) is 0 Å². The van der Waals surface area contributed by atoms with E-state index in [1.54, 1.807) is 0 Å². The first-order valence-corrected chi connectivity index (χ1v) is 11.9. The summed E-state index contributed by atoms with van der Waals surface area (Å²) in [6.07, 6.45) is 0. The van der Waals surface area contributed by atoms with Crippen LogP contribution in [0.1, 0.15) is 0 Å². The van der Waals surface area contributed by atoms with E-state index in [0.717, 1.165) is 44.2 Å². The van der Waals surface area contributed by atoms with Crippen molar-refractivity contribution in [3.63, 3.8) is 0 Å². The number of para-hydroxylation sites is 3. The molecule has 0 spiro atoms. The zero-order chi connectivity index (χ0) is 22.8. The molecule has 0 fully saturated rings. The molecule has 2 heterocycles. The van der Waals surface area contributed by atoms with Crippen LogP contribution in [-0.2, 0) is 0 Å². The first kappa shape index (κ1) is 19.7. The summed E-state index contributed by atoms with van der Waals surface area (Å²) in [5.74, 6) is 0.